The fourth-order valence-corrected chi connectivity index (χ4v) is 4.78. The van der Waals surface area contributed by atoms with Crippen LogP contribution in [-0.2, 0) is 13.2 Å². The minimum atomic E-state index is -0.574. The number of benzene rings is 2. The van der Waals surface area contributed by atoms with E-state index in [1.807, 2.05) is 0 Å². The molecule has 1 atom stereocenters. The summed E-state index contributed by atoms with van der Waals surface area (Å²) in [5.74, 6) is 0.402. The van der Waals surface area contributed by atoms with Crippen LogP contribution in [0.2, 0.25) is 0 Å². The molecule has 0 saturated carbocycles. The van der Waals surface area contributed by atoms with Gasteiger partial charge in [0.1, 0.15) is 12.4 Å². The Kier molecular flexibility index (Phi) is 10.7. The summed E-state index contributed by atoms with van der Waals surface area (Å²) in [5.41, 5.74) is 10.3. The van der Waals surface area contributed by atoms with E-state index in [9.17, 15) is 9.18 Å². The van der Waals surface area contributed by atoms with Crippen molar-refractivity contribution in [1.82, 2.24) is 35.6 Å². The minimum absolute atomic E-state index is 0. The molecule has 1 aliphatic rings. The Morgan fingerprint density at radius 3 is 2.55 bits per heavy atom. The highest BCUT2D eigenvalue weighted by molar-refractivity contribution is 5.94. The summed E-state index contributed by atoms with van der Waals surface area (Å²) >= 11 is 0. The molecule has 2 aromatic heterocycles. The number of nitrogens with zero attached hydrogens (tertiary/aromatic N) is 7. The Labute approximate surface area is 258 Å². The molecule has 4 aromatic rings. The summed E-state index contributed by atoms with van der Waals surface area (Å²) in [6.07, 6.45) is 4.68. The summed E-state index contributed by atoms with van der Waals surface area (Å²) in [4.78, 5) is 15.5. The number of ether oxygens (including phenoxy) is 3. The van der Waals surface area contributed by atoms with Gasteiger partial charge in [-0.15, -0.1) is 17.5 Å². The van der Waals surface area contributed by atoms with Crippen molar-refractivity contribution in [2.45, 2.75) is 45.4 Å². The van der Waals surface area contributed by atoms with Crippen LogP contribution in [0.25, 0.3) is 5.82 Å². The molecule has 1 amide bonds. The van der Waals surface area contributed by atoms with Crippen LogP contribution in [-0.4, -0.2) is 69.1 Å². The molecule has 2 aromatic carbocycles. The molecule has 234 valence electrons. The molecular formula is C28H33ClFN9O5. The molecule has 16 heteroatoms. The zero-order valence-electron chi connectivity index (χ0n) is 24.4. The Hall–Kier alpha value is -4.76. The van der Waals surface area contributed by atoms with Gasteiger partial charge >= 0.3 is 0 Å². The highest BCUT2D eigenvalue weighted by Gasteiger charge is 2.28. The molecular weight excluding hydrogens is 597 g/mol. The van der Waals surface area contributed by atoms with Gasteiger partial charge in [0, 0.05) is 18.2 Å². The zero-order valence-corrected chi connectivity index (χ0v) is 25.2. The maximum Gasteiger partial charge on any atom is 0.293 e. The van der Waals surface area contributed by atoms with Crippen LogP contribution >= 0.6 is 12.4 Å². The van der Waals surface area contributed by atoms with Crippen molar-refractivity contribution >= 4 is 30.3 Å². The number of amides is 1. The van der Waals surface area contributed by atoms with Crippen molar-refractivity contribution < 1.29 is 28.0 Å². The molecule has 44 heavy (non-hydrogen) atoms. The van der Waals surface area contributed by atoms with Gasteiger partial charge in [0.2, 0.25) is 17.4 Å². The van der Waals surface area contributed by atoms with Gasteiger partial charge in [-0.3, -0.25) is 9.69 Å². The quantitative estimate of drug-likeness (QED) is 0.184. The van der Waals surface area contributed by atoms with Gasteiger partial charge in [-0.05, 0) is 66.5 Å². The van der Waals surface area contributed by atoms with E-state index in [4.69, 9.17) is 24.6 Å². The smallest absolute Gasteiger partial charge is 0.293 e. The van der Waals surface area contributed by atoms with Crippen molar-refractivity contribution in [1.29, 1.82) is 0 Å². The van der Waals surface area contributed by atoms with Crippen LogP contribution in [0.3, 0.4) is 0 Å². The van der Waals surface area contributed by atoms with E-state index in [2.05, 4.69) is 43.0 Å². The summed E-state index contributed by atoms with van der Waals surface area (Å²) in [7, 11) is 2.99. The van der Waals surface area contributed by atoms with Gasteiger partial charge in [-0.2, -0.15) is 9.78 Å². The molecule has 3 heterocycles. The van der Waals surface area contributed by atoms with Crippen molar-refractivity contribution in [2.75, 3.05) is 26.5 Å². The normalized spacial score (nSPS) is 15.1. The number of hydrazone groups is 1. The Bertz CT molecular complexity index is 1570. The fourth-order valence-electron chi connectivity index (χ4n) is 4.78. The number of hydrogen-bond donors (Lipinski definition) is 2. The number of aromatic nitrogens is 5. The average molecular weight is 630 g/mol. The van der Waals surface area contributed by atoms with Gasteiger partial charge in [0.25, 0.3) is 5.91 Å². The number of hydrogen-bond acceptors (Lipinski definition) is 12. The number of carbonyl (C=O) groups excluding carboxylic acids is 1. The van der Waals surface area contributed by atoms with Crippen LogP contribution in [0.15, 0.2) is 46.1 Å². The predicted octanol–water partition coefficient (Wildman–Crippen LogP) is 3.53. The maximum atomic E-state index is 13.2. The van der Waals surface area contributed by atoms with Gasteiger partial charge in [-0.25, -0.2) is 14.4 Å². The first kappa shape index (κ1) is 32.2. The minimum Gasteiger partial charge on any atom is -0.493 e. The number of nitrogen functional groups attached to an aromatic ring is 1. The van der Waals surface area contributed by atoms with E-state index in [1.165, 1.54) is 37.2 Å². The molecule has 5 rings (SSSR count). The van der Waals surface area contributed by atoms with Crippen LogP contribution < -0.4 is 25.4 Å². The average Bonchev–Trinajstić information content (AvgIpc) is 3.63. The molecule has 1 fully saturated rings. The monoisotopic (exact) mass is 629 g/mol. The van der Waals surface area contributed by atoms with Gasteiger partial charge in [0.05, 0.1) is 26.1 Å². The van der Waals surface area contributed by atoms with Crippen LogP contribution in [0.4, 0.5) is 10.2 Å². The zero-order chi connectivity index (χ0) is 30.3. The SMILES string of the molecule is COc1cc(/C=N\NC(=O)c2nnn(-c3nonc3N)c2CN2CCCCC2C)cc(OC)c1OCc1ccc(F)cc1.Cl. The summed E-state index contributed by atoms with van der Waals surface area (Å²) < 4.78 is 36.3. The second-order valence-corrected chi connectivity index (χ2v) is 9.95. The number of halogens is 2. The van der Waals surface area contributed by atoms with Gasteiger partial charge < -0.3 is 19.9 Å². The highest BCUT2D eigenvalue weighted by Crippen LogP contribution is 2.38. The molecule has 1 unspecified atom stereocenters. The molecule has 14 nitrogen and oxygen atoms in total. The number of methoxy groups -OCH3 is 2. The second kappa shape index (κ2) is 14.6. The Balaban J connectivity index is 0.00000442. The third-order valence-electron chi connectivity index (χ3n) is 7.13. The van der Waals surface area contributed by atoms with Crippen molar-refractivity contribution in [2.24, 2.45) is 5.10 Å². The summed E-state index contributed by atoms with van der Waals surface area (Å²) in [5, 5.41) is 19.8. The summed E-state index contributed by atoms with van der Waals surface area (Å²) in [6, 6.07) is 9.65. The van der Waals surface area contributed by atoms with Crippen molar-refractivity contribution in [3.63, 3.8) is 0 Å². The molecule has 0 radical (unpaired) electrons. The van der Waals surface area contributed by atoms with Crippen molar-refractivity contribution in [3.8, 4) is 23.1 Å². The highest BCUT2D eigenvalue weighted by atomic mass is 35.5. The molecule has 1 aliphatic heterocycles. The first-order chi connectivity index (χ1) is 20.9. The van der Waals surface area contributed by atoms with E-state index >= 15 is 0 Å². The van der Waals surface area contributed by atoms with Gasteiger partial charge in [0.15, 0.2) is 17.2 Å². The number of nitrogens with one attached hydrogen (secondary N) is 1. The van der Waals surface area contributed by atoms with Gasteiger partial charge in [-0.1, -0.05) is 23.8 Å². The number of nitrogens with two attached hydrogens (primary N) is 1. The maximum absolute atomic E-state index is 13.2. The first-order valence-corrected chi connectivity index (χ1v) is 13.6. The van der Waals surface area contributed by atoms with Crippen LogP contribution in [0.1, 0.15) is 53.5 Å². The number of carbonyl (C=O) groups is 1. The van der Waals surface area contributed by atoms with Crippen molar-refractivity contribution in [3.05, 3.63) is 64.7 Å². The van der Waals surface area contributed by atoms with E-state index in [0.29, 0.717) is 41.1 Å². The number of rotatable bonds is 11. The predicted molar refractivity (Wildman–Crippen MR) is 160 cm³/mol. The number of anilines is 1. The Morgan fingerprint density at radius 1 is 1.18 bits per heavy atom. The summed E-state index contributed by atoms with van der Waals surface area (Å²) in [6.45, 7) is 3.57. The lowest BCUT2D eigenvalue weighted by atomic mass is 10.0. The lowest BCUT2D eigenvalue weighted by Gasteiger charge is -2.33. The molecule has 0 aliphatic carbocycles. The molecule has 1 saturated heterocycles. The lowest BCUT2D eigenvalue weighted by molar-refractivity contribution is 0.0945. The first-order valence-electron chi connectivity index (χ1n) is 13.6. The largest absolute Gasteiger partial charge is 0.493 e. The number of piperidine rings is 1. The van der Waals surface area contributed by atoms with E-state index in [1.54, 1.807) is 24.3 Å². The number of likely N-dealkylation sites (tertiary alicyclic amines) is 1. The lowest BCUT2D eigenvalue weighted by Crippen LogP contribution is -2.38. The van der Waals surface area contributed by atoms with Crippen LogP contribution in [0, 0.1) is 5.82 Å². The van der Waals surface area contributed by atoms with Crippen LogP contribution in [0.5, 0.6) is 17.2 Å². The molecule has 0 spiro atoms. The van der Waals surface area contributed by atoms with E-state index in [0.717, 1.165) is 31.4 Å². The standard InChI is InChI=1S/C28H32FN9O5.ClH/c1-17-6-4-5-11-37(17)15-21-24(32-36-38(21)27-26(30)34-43-35-27)28(39)33-31-14-19-12-22(40-2)25(23(13-19)41-3)42-16-18-7-9-20(29)10-8-18;/h7-10,12-14,17H,4-6,11,15-16H2,1-3H3,(H2,30,34)(H,33,39);1H/b31-14-;. The fraction of sp³-hybridized carbons (Fsp3) is 0.357. The third kappa shape index (κ3) is 7.23. The Morgan fingerprint density at radius 2 is 1.91 bits per heavy atom. The van der Waals surface area contributed by atoms with E-state index in [-0.39, 0.29) is 42.2 Å². The van der Waals surface area contributed by atoms with E-state index < -0.39 is 5.91 Å². The topological polar surface area (TPSA) is 168 Å². The third-order valence-corrected chi connectivity index (χ3v) is 7.13. The molecule has 3 N–H and O–H groups in total. The molecule has 0 bridgehead atoms. The second-order valence-electron chi connectivity index (χ2n) is 9.95.